The summed E-state index contributed by atoms with van der Waals surface area (Å²) in [6.45, 7) is 0. The van der Waals surface area contributed by atoms with Gasteiger partial charge in [0.2, 0.25) is 0 Å². The minimum absolute atomic E-state index is 0.204. The van der Waals surface area contributed by atoms with Crippen LogP contribution in [0.3, 0.4) is 0 Å². The Hall–Kier alpha value is -1.55. The Balaban J connectivity index is 2.86. The first-order valence-electron chi connectivity index (χ1n) is 3.94. The van der Waals surface area contributed by atoms with E-state index in [4.69, 9.17) is 16.7 Å². The van der Waals surface area contributed by atoms with E-state index in [1.54, 1.807) is 23.9 Å². The van der Waals surface area contributed by atoms with E-state index in [0.29, 0.717) is 10.5 Å². The molecule has 0 aliphatic rings. The molecule has 0 fully saturated rings. The second-order valence-electron chi connectivity index (χ2n) is 2.93. The molecule has 72 valence electrons. The van der Waals surface area contributed by atoms with Crippen molar-refractivity contribution < 1.29 is 9.90 Å². The van der Waals surface area contributed by atoms with Crippen LogP contribution in [0.25, 0.3) is 10.9 Å². The monoisotopic (exact) mass is 210 g/mol. The average molecular weight is 211 g/mol. The molecule has 0 saturated heterocycles. The summed E-state index contributed by atoms with van der Waals surface area (Å²) in [5.74, 6) is -0.972. The van der Waals surface area contributed by atoms with Gasteiger partial charge in [0, 0.05) is 18.6 Å². The molecular formula is C9H7ClN2O2. The van der Waals surface area contributed by atoms with E-state index in [0.717, 1.165) is 5.52 Å². The van der Waals surface area contributed by atoms with Gasteiger partial charge >= 0.3 is 5.97 Å². The van der Waals surface area contributed by atoms with Crippen LogP contribution in [0.5, 0.6) is 0 Å². The predicted molar refractivity (Wildman–Crippen MR) is 52.7 cm³/mol. The van der Waals surface area contributed by atoms with Crippen molar-refractivity contribution in [1.29, 1.82) is 0 Å². The molecule has 0 aliphatic heterocycles. The van der Waals surface area contributed by atoms with Crippen molar-refractivity contribution in [2.75, 3.05) is 0 Å². The van der Waals surface area contributed by atoms with E-state index in [1.807, 2.05) is 0 Å². The Morgan fingerprint density at radius 2 is 2.36 bits per heavy atom. The fourth-order valence-electron chi connectivity index (χ4n) is 1.43. The van der Waals surface area contributed by atoms with Gasteiger partial charge in [-0.3, -0.25) is 0 Å². The SMILES string of the molecule is Cn1c(C(=O)O)cc2c(Cl)nccc21. The number of hydrogen-bond donors (Lipinski definition) is 1. The third-order valence-corrected chi connectivity index (χ3v) is 2.44. The maximum atomic E-state index is 10.8. The summed E-state index contributed by atoms with van der Waals surface area (Å²) in [4.78, 5) is 14.7. The van der Waals surface area contributed by atoms with Crippen LogP contribution in [-0.4, -0.2) is 20.6 Å². The molecule has 14 heavy (non-hydrogen) atoms. The van der Waals surface area contributed by atoms with Crippen LogP contribution in [0.15, 0.2) is 18.3 Å². The lowest BCUT2D eigenvalue weighted by molar-refractivity contribution is 0.0687. The molecule has 2 aromatic rings. The second kappa shape index (κ2) is 2.99. The van der Waals surface area contributed by atoms with Gasteiger partial charge in [0.05, 0.1) is 5.52 Å². The number of pyridine rings is 1. The smallest absolute Gasteiger partial charge is 0.352 e. The second-order valence-corrected chi connectivity index (χ2v) is 3.29. The maximum absolute atomic E-state index is 10.8. The van der Waals surface area contributed by atoms with Crippen molar-refractivity contribution in [1.82, 2.24) is 9.55 Å². The molecule has 0 amide bonds. The zero-order valence-corrected chi connectivity index (χ0v) is 8.12. The number of fused-ring (bicyclic) bond motifs is 1. The number of carboxylic acids is 1. The van der Waals surface area contributed by atoms with Crippen molar-refractivity contribution in [3.63, 3.8) is 0 Å². The van der Waals surface area contributed by atoms with Crippen LogP contribution in [0, 0.1) is 0 Å². The summed E-state index contributed by atoms with van der Waals surface area (Å²) in [5, 5.41) is 9.86. The summed E-state index contributed by atoms with van der Waals surface area (Å²) >= 11 is 5.83. The van der Waals surface area contributed by atoms with Crippen molar-refractivity contribution in [3.05, 3.63) is 29.2 Å². The van der Waals surface area contributed by atoms with E-state index in [-0.39, 0.29) is 5.69 Å². The molecule has 0 bridgehead atoms. The molecule has 0 unspecified atom stereocenters. The van der Waals surface area contributed by atoms with Crippen LogP contribution in [0.1, 0.15) is 10.5 Å². The third-order valence-electron chi connectivity index (χ3n) is 2.14. The van der Waals surface area contributed by atoms with E-state index in [1.165, 1.54) is 6.07 Å². The lowest BCUT2D eigenvalue weighted by atomic mass is 10.3. The summed E-state index contributed by atoms with van der Waals surface area (Å²) in [6, 6.07) is 3.25. The predicted octanol–water partition coefficient (Wildman–Crippen LogP) is 1.92. The number of halogens is 1. The van der Waals surface area contributed by atoms with Gasteiger partial charge in [0.15, 0.2) is 0 Å². The summed E-state index contributed by atoms with van der Waals surface area (Å²) in [7, 11) is 1.68. The maximum Gasteiger partial charge on any atom is 0.352 e. The number of hydrogen-bond acceptors (Lipinski definition) is 2. The normalized spacial score (nSPS) is 10.7. The highest BCUT2D eigenvalue weighted by Gasteiger charge is 2.13. The molecule has 2 heterocycles. The van der Waals surface area contributed by atoms with E-state index in [2.05, 4.69) is 4.98 Å². The van der Waals surface area contributed by atoms with Crippen LogP contribution < -0.4 is 0 Å². The Kier molecular flexibility index (Phi) is 1.93. The molecule has 2 rings (SSSR count). The molecule has 0 saturated carbocycles. The van der Waals surface area contributed by atoms with Crippen LogP contribution in [0.2, 0.25) is 5.15 Å². The largest absolute Gasteiger partial charge is 0.477 e. The van der Waals surface area contributed by atoms with Crippen molar-refractivity contribution >= 4 is 28.5 Å². The molecule has 0 spiro atoms. The van der Waals surface area contributed by atoms with Gasteiger partial charge in [-0.1, -0.05) is 11.6 Å². The molecule has 2 aromatic heterocycles. The Morgan fingerprint density at radius 1 is 1.64 bits per heavy atom. The Bertz CT molecular complexity index is 519. The zero-order chi connectivity index (χ0) is 10.3. The quantitative estimate of drug-likeness (QED) is 0.732. The van der Waals surface area contributed by atoms with Gasteiger partial charge in [0.25, 0.3) is 0 Å². The number of nitrogens with zero attached hydrogens (tertiary/aromatic N) is 2. The Morgan fingerprint density at radius 3 is 2.93 bits per heavy atom. The lowest BCUT2D eigenvalue weighted by Crippen LogP contribution is -2.03. The summed E-state index contributed by atoms with van der Waals surface area (Å²) < 4.78 is 1.57. The van der Waals surface area contributed by atoms with Crippen LogP contribution >= 0.6 is 11.6 Å². The number of carbonyl (C=O) groups is 1. The van der Waals surface area contributed by atoms with Crippen molar-refractivity contribution in [2.24, 2.45) is 7.05 Å². The van der Waals surface area contributed by atoms with Crippen molar-refractivity contribution in [3.8, 4) is 0 Å². The lowest BCUT2D eigenvalue weighted by Gasteiger charge is -1.98. The molecule has 0 aromatic carbocycles. The van der Waals surface area contributed by atoms with Gasteiger partial charge in [-0.05, 0) is 12.1 Å². The van der Waals surface area contributed by atoms with E-state index >= 15 is 0 Å². The van der Waals surface area contributed by atoms with Crippen LogP contribution in [-0.2, 0) is 7.05 Å². The third kappa shape index (κ3) is 1.15. The summed E-state index contributed by atoms with van der Waals surface area (Å²) in [5.41, 5.74) is 0.970. The van der Waals surface area contributed by atoms with Gasteiger partial charge in [-0.2, -0.15) is 0 Å². The minimum atomic E-state index is -0.972. The molecule has 0 radical (unpaired) electrons. The highest BCUT2D eigenvalue weighted by Crippen LogP contribution is 2.23. The molecular weight excluding hydrogens is 204 g/mol. The topological polar surface area (TPSA) is 55.1 Å². The van der Waals surface area contributed by atoms with Crippen molar-refractivity contribution in [2.45, 2.75) is 0 Å². The zero-order valence-electron chi connectivity index (χ0n) is 7.36. The number of aromatic carboxylic acids is 1. The highest BCUT2D eigenvalue weighted by atomic mass is 35.5. The minimum Gasteiger partial charge on any atom is -0.477 e. The number of carboxylic acid groups (broad SMARTS) is 1. The molecule has 0 aliphatic carbocycles. The standard InChI is InChI=1S/C9H7ClN2O2/c1-12-6-2-3-11-8(10)5(6)4-7(12)9(13)14/h2-4H,1H3,(H,13,14). The van der Waals surface area contributed by atoms with Gasteiger partial charge < -0.3 is 9.67 Å². The fraction of sp³-hybridized carbons (Fsp3) is 0.111. The molecule has 1 N–H and O–H groups in total. The summed E-state index contributed by atoms with van der Waals surface area (Å²) in [6.07, 6.45) is 1.55. The van der Waals surface area contributed by atoms with Gasteiger partial charge in [-0.25, -0.2) is 9.78 Å². The first-order valence-corrected chi connectivity index (χ1v) is 4.32. The fourth-order valence-corrected chi connectivity index (χ4v) is 1.64. The van der Waals surface area contributed by atoms with Gasteiger partial charge in [0.1, 0.15) is 10.8 Å². The first kappa shape index (κ1) is 9.02. The van der Waals surface area contributed by atoms with Crippen LogP contribution in [0.4, 0.5) is 0 Å². The average Bonchev–Trinajstić information content (AvgIpc) is 2.46. The van der Waals surface area contributed by atoms with E-state index < -0.39 is 5.97 Å². The molecule has 0 atom stereocenters. The van der Waals surface area contributed by atoms with E-state index in [9.17, 15) is 4.79 Å². The first-order chi connectivity index (χ1) is 6.61. The number of rotatable bonds is 1. The Labute approximate surface area is 84.7 Å². The number of aromatic nitrogens is 2. The highest BCUT2D eigenvalue weighted by molar-refractivity contribution is 6.34. The molecule has 5 heteroatoms. The molecule has 4 nitrogen and oxygen atoms in total. The van der Waals surface area contributed by atoms with Gasteiger partial charge in [-0.15, -0.1) is 0 Å². The number of aryl methyl sites for hydroxylation is 1.